The van der Waals surface area contributed by atoms with Crippen LogP contribution in [-0.2, 0) is 35.2 Å². The largest absolute Gasteiger partial charge is 0.468 e. The number of nitrogens with one attached hydrogen (secondary N) is 1. The SMILES string of the molecule is COC(=O)C1SC(C(C)[C@H](C)[C@H](NC(=O)c2ccccc2)C(=O)OCc2ccccc2)SC1C(=O)OC. The second-order valence-corrected chi connectivity index (χ2v) is 11.5. The van der Waals surface area contributed by atoms with Crippen LogP contribution in [0.2, 0.25) is 0 Å². The molecule has 3 unspecified atom stereocenters. The van der Waals surface area contributed by atoms with E-state index in [9.17, 15) is 19.2 Å². The van der Waals surface area contributed by atoms with Crippen LogP contribution in [0.4, 0.5) is 0 Å². The fourth-order valence-corrected chi connectivity index (χ4v) is 7.74. The first-order valence-corrected chi connectivity index (χ1v) is 13.7. The summed E-state index contributed by atoms with van der Waals surface area (Å²) >= 11 is 2.62. The lowest BCUT2D eigenvalue weighted by Crippen LogP contribution is -2.48. The van der Waals surface area contributed by atoms with E-state index < -0.39 is 46.3 Å². The van der Waals surface area contributed by atoms with Crippen molar-refractivity contribution in [2.75, 3.05) is 14.2 Å². The Hall–Kier alpha value is -2.98. The molecule has 2 aromatic carbocycles. The Bertz CT molecular complexity index is 1060. The van der Waals surface area contributed by atoms with Crippen LogP contribution in [0.1, 0.15) is 29.8 Å². The Labute approximate surface area is 225 Å². The first kappa shape index (κ1) is 28.6. The van der Waals surface area contributed by atoms with E-state index in [1.54, 1.807) is 30.3 Å². The van der Waals surface area contributed by atoms with E-state index in [1.165, 1.54) is 37.7 Å². The maximum atomic E-state index is 13.3. The fourth-order valence-electron chi connectivity index (χ4n) is 3.89. The molecule has 37 heavy (non-hydrogen) atoms. The van der Waals surface area contributed by atoms with Crippen molar-refractivity contribution in [2.45, 2.75) is 41.6 Å². The van der Waals surface area contributed by atoms with Gasteiger partial charge in [0.2, 0.25) is 0 Å². The number of amides is 1. The standard InChI is InChI=1S/C27H31NO7S2/c1-16(17(2)27-36-21(25(31)33-3)22(37-27)26(32)34-4)20(28-23(29)19-13-9-6-10-14-19)24(30)35-15-18-11-7-5-8-12-18/h5-14,16-17,20-22,27H,15H2,1-4H3,(H,28,29)/t16-,17?,20-,21?,22?,27?/m0/s1. The van der Waals surface area contributed by atoms with E-state index in [0.717, 1.165) is 5.56 Å². The number of carbonyl (C=O) groups excluding carboxylic acids is 4. The van der Waals surface area contributed by atoms with Crippen molar-refractivity contribution in [3.8, 4) is 0 Å². The third kappa shape index (κ3) is 7.29. The van der Waals surface area contributed by atoms with Crippen LogP contribution in [-0.4, -0.2) is 59.2 Å². The first-order chi connectivity index (χ1) is 17.8. The van der Waals surface area contributed by atoms with Gasteiger partial charge in [0.25, 0.3) is 5.91 Å². The maximum Gasteiger partial charge on any atom is 0.329 e. The van der Waals surface area contributed by atoms with E-state index in [0.29, 0.717) is 5.56 Å². The van der Waals surface area contributed by atoms with Crippen LogP contribution in [0.15, 0.2) is 60.7 Å². The summed E-state index contributed by atoms with van der Waals surface area (Å²) in [6, 6.07) is 17.0. The van der Waals surface area contributed by atoms with Gasteiger partial charge in [0, 0.05) is 5.56 Å². The van der Waals surface area contributed by atoms with Gasteiger partial charge < -0.3 is 19.5 Å². The van der Waals surface area contributed by atoms with Gasteiger partial charge >= 0.3 is 17.9 Å². The summed E-state index contributed by atoms with van der Waals surface area (Å²) in [5.41, 5.74) is 1.25. The second-order valence-electron chi connectivity index (χ2n) is 8.66. The van der Waals surface area contributed by atoms with E-state index in [2.05, 4.69) is 5.32 Å². The van der Waals surface area contributed by atoms with Crippen molar-refractivity contribution in [3.63, 3.8) is 0 Å². The molecule has 0 radical (unpaired) electrons. The summed E-state index contributed by atoms with van der Waals surface area (Å²) in [5.74, 6) is -2.57. The molecule has 1 aliphatic heterocycles. The number of methoxy groups -OCH3 is 2. The molecule has 0 aromatic heterocycles. The first-order valence-electron chi connectivity index (χ1n) is 11.8. The topological polar surface area (TPSA) is 108 Å². The predicted octanol–water partition coefficient (Wildman–Crippen LogP) is 3.69. The molecular formula is C27H31NO7S2. The third-order valence-electron chi connectivity index (χ3n) is 6.29. The molecule has 1 aliphatic rings. The van der Waals surface area contributed by atoms with Gasteiger partial charge in [0.1, 0.15) is 23.1 Å². The van der Waals surface area contributed by atoms with E-state index >= 15 is 0 Å². The van der Waals surface area contributed by atoms with Gasteiger partial charge in [0.15, 0.2) is 0 Å². The average molecular weight is 546 g/mol. The highest BCUT2D eigenvalue weighted by atomic mass is 32.2. The average Bonchev–Trinajstić information content (AvgIpc) is 3.39. The molecule has 0 aliphatic carbocycles. The number of carbonyl (C=O) groups is 4. The van der Waals surface area contributed by atoms with E-state index in [4.69, 9.17) is 14.2 Å². The zero-order valence-electron chi connectivity index (χ0n) is 21.1. The third-order valence-corrected chi connectivity index (χ3v) is 10.0. The molecule has 0 saturated carbocycles. The Morgan fingerprint density at radius 3 is 1.86 bits per heavy atom. The normalized spacial score (nSPS) is 21.2. The summed E-state index contributed by atoms with van der Waals surface area (Å²) < 4.78 is 15.2. The molecule has 1 heterocycles. The van der Waals surface area contributed by atoms with Crippen LogP contribution in [0.3, 0.4) is 0 Å². The van der Waals surface area contributed by atoms with Gasteiger partial charge in [-0.2, -0.15) is 0 Å². The zero-order chi connectivity index (χ0) is 26.9. The number of hydrogen-bond acceptors (Lipinski definition) is 9. The Balaban J connectivity index is 1.79. The molecule has 10 heteroatoms. The Morgan fingerprint density at radius 2 is 1.35 bits per heavy atom. The number of rotatable bonds is 10. The van der Waals surface area contributed by atoms with Gasteiger partial charge in [-0.3, -0.25) is 14.4 Å². The van der Waals surface area contributed by atoms with Gasteiger partial charge in [-0.05, 0) is 29.5 Å². The molecule has 0 spiro atoms. The number of benzene rings is 2. The van der Waals surface area contributed by atoms with Gasteiger partial charge in [-0.1, -0.05) is 62.4 Å². The van der Waals surface area contributed by atoms with Crippen molar-refractivity contribution in [3.05, 3.63) is 71.8 Å². The van der Waals surface area contributed by atoms with Crippen LogP contribution < -0.4 is 5.32 Å². The molecule has 198 valence electrons. The lowest BCUT2D eigenvalue weighted by Gasteiger charge is -2.31. The molecule has 8 nitrogen and oxygen atoms in total. The van der Waals surface area contributed by atoms with Gasteiger partial charge in [-0.25, -0.2) is 4.79 Å². The summed E-state index contributed by atoms with van der Waals surface area (Å²) in [4.78, 5) is 51.0. The highest BCUT2D eigenvalue weighted by Gasteiger charge is 2.49. The van der Waals surface area contributed by atoms with Crippen molar-refractivity contribution in [1.29, 1.82) is 0 Å². The van der Waals surface area contributed by atoms with E-state index in [1.807, 2.05) is 44.2 Å². The molecule has 1 saturated heterocycles. The highest BCUT2D eigenvalue weighted by molar-refractivity contribution is 8.21. The molecule has 2 aromatic rings. The fraction of sp³-hybridized carbons (Fsp3) is 0.407. The summed E-state index contributed by atoms with van der Waals surface area (Å²) in [5, 5.41) is 1.38. The van der Waals surface area contributed by atoms with Crippen LogP contribution in [0.25, 0.3) is 0 Å². The Kier molecular flexibility index (Phi) is 10.5. The smallest absolute Gasteiger partial charge is 0.329 e. The summed E-state index contributed by atoms with van der Waals surface area (Å²) in [6.45, 7) is 3.85. The van der Waals surface area contributed by atoms with Gasteiger partial charge in [-0.15, -0.1) is 23.5 Å². The van der Waals surface area contributed by atoms with E-state index in [-0.39, 0.29) is 17.1 Å². The van der Waals surface area contributed by atoms with Crippen molar-refractivity contribution in [2.24, 2.45) is 11.8 Å². The maximum absolute atomic E-state index is 13.3. The monoisotopic (exact) mass is 545 g/mol. The quantitative estimate of drug-likeness (QED) is 0.353. The number of esters is 3. The molecular weight excluding hydrogens is 514 g/mol. The second kappa shape index (κ2) is 13.5. The predicted molar refractivity (Wildman–Crippen MR) is 143 cm³/mol. The van der Waals surface area contributed by atoms with Crippen molar-refractivity contribution < 1.29 is 33.4 Å². The Morgan fingerprint density at radius 1 is 0.838 bits per heavy atom. The lowest BCUT2D eigenvalue weighted by molar-refractivity contribution is -0.149. The minimum atomic E-state index is -0.957. The molecule has 0 bridgehead atoms. The van der Waals surface area contributed by atoms with Crippen LogP contribution in [0, 0.1) is 11.8 Å². The summed E-state index contributed by atoms with van der Waals surface area (Å²) in [6.07, 6.45) is 0. The highest BCUT2D eigenvalue weighted by Crippen LogP contribution is 2.49. The zero-order valence-corrected chi connectivity index (χ0v) is 22.8. The molecule has 3 rings (SSSR count). The molecule has 1 fully saturated rings. The van der Waals surface area contributed by atoms with Gasteiger partial charge in [0.05, 0.1) is 18.8 Å². The number of hydrogen-bond donors (Lipinski definition) is 1. The lowest BCUT2D eigenvalue weighted by atomic mass is 9.89. The minimum absolute atomic E-state index is 0.0697. The minimum Gasteiger partial charge on any atom is -0.468 e. The van der Waals surface area contributed by atoms with Crippen LogP contribution >= 0.6 is 23.5 Å². The van der Waals surface area contributed by atoms with Crippen molar-refractivity contribution in [1.82, 2.24) is 5.32 Å². The summed E-state index contributed by atoms with van der Waals surface area (Å²) in [7, 11) is 2.55. The number of thioether (sulfide) groups is 2. The number of ether oxygens (including phenoxy) is 3. The molecule has 5 atom stereocenters. The molecule has 1 N–H and O–H groups in total. The molecule has 1 amide bonds. The van der Waals surface area contributed by atoms with Crippen molar-refractivity contribution >= 4 is 47.3 Å². The van der Waals surface area contributed by atoms with Crippen LogP contribution in [0.5, 0.6) is 0 Å².